The Morgan fingerprint density at radius 2 is 2.04 bits per heavy atom. The van der Waals surface area contributed by atoms with E-state index in [2.05, 4.69) is 15.6 Å². The van der Waals surface area contributed by atoms with Gasteiger partial charge in [0.2, 0.25) is 5.91 Å². The van der Waals surface area contributed by atoms with E-state index >= 15 is 0 Å². The molecular weight excluding hydrogens is 312 g/mol. The van der Waals surface area contributed by atoms with Crippen LogP contribution in [0.3, 0.4) is 0 Å². The third-order valence-corrected chi connectivity index (χ3v) is 4.10. The highest BCUT2D eigenvalue weighted by atomic mass is 16.5. The zero-order valence-electron chi connectivity index (χ0n) is 14.3. The summed E-state index contributed by atoms with van der Waals surface area (Å²) in [6, 6.07) is 0. The molecule has 8 nitrogen and oxygen atoms in total. The van der Waals surface area contributed by atoms with Crippen molar-refractivity contribution in [1.29, 1.82) is 0 Å². The van der Waals surface area contributed by atoms with Crippen molar-refractivity contribution in [3.8, 4) is 0 Å². The third kappa shape index (κ3) is 4.78. The maximum absolute atomic E-state index is 12.2. The number of carbonyl (C=O) groups is 2. The van der Waals surface area contributed by atoms with Crippen molar-refractivity contribution in [2.45, 2.75) is 25.8 Å². The smallest absolute Gasteiger partial charge is 0.271 e. The molecule has 2 N–H and O–H groups in total. The van der Waals surface area contributed by atoms with Crippen molar-refractivity contribution in [3.05, 3.63) is 17.7 Å². The van der Waals surface area contributed by atoms with Gasteiger partial charge in [-0.3, -0.25) is 9.59 Å². The van der Waals surface area contributed by atoms with Crippen molar-refractivity contribution in [1.82, 2.24) is 20.2 Å². The molecule has 2 rings (SSSR count). The van der Waals surface area contributed by atoms with Gasteiger partial charge in [0.25, 0.3) is 5.91 Å². The van der Waals surface area contributed by atoms with E-state index in [9.17, 15) is 9.59 Å². The normalized spacial score (nSPS) is 16.5. The summed E-state index contributed by atoms with van der Waals surface area (Å²) in [6.45, 7) is 2.74. The lowest BCUT2D eigenvalue weighted by molar-refractivity contribution is -0.126. The maximum Gasteiger partial charge on any atom is 0.271 e. The van der Waals surface area contributed by atoms with E-state index in [0.717, 1.165) is 12.1 Å². The summed E-state index contributed by atoms with van der Waals surface area (Å²) in [5.74, 6) is -0.235. The lowest BCUT2D eigenvalue weighted by Gasteiger charge is -2.23. The Balaban J connectivity index is 1.89. The van der Waals surface area contributed by atoms with Crippen LogP contribution in [0.4, 0.5) is 0 Å². The summed E-state index contributed by atoms with van der Waals surface area (Å²) in [6.07, 6.45) is 3.80. The number of imidazole rings is 1. The number of carbonyl (C=O) groups excluding carboxylic acids is 2. The molecular formula is C16H26N4O4. The summed E-state index contributed by atoms with van der Waals surface area (Å²) in [5, 5.41) is 5.72. The number of hydrogen-bond acceptors (Lipinski definition) is 5. The molecule has 2 amide bonds. The summed E-state index contributed by atoms with van der Waals surface area (Å²) in [7, 11) is 3.24. The van der Waals surface area contributed by atoms with Gasteiger partial charge in [-0.2, -0.15) is 0 Å². The van der Waals surface area contributed by atoms with Crippen LogP contribution in [-0.2, 0) is 27.2 Å². The van der Waals surface area contributed by atoms with Gasteiger partial charge in [-0.05, 0) is 19.3 Å². The molecule has 0 spiro atoms. The molecule has 0 fully saturated rings. The number of methoxy groups -OCH3 is 2. The second-order valence-electron chi connectivity index (χ2n) is 5.81. The highest BCUT2D eigenvalue weighted by Gasteiger charge is 2.28. The molecule has 1 aliphatic rings. The van der Waals surface area contributed by atoms with E-state index in [1.165, 1.54) is 0 Å². The van der Waals surface area contributed by atoms with Gasteiger partial charge in [-0.1, -0.05) is 0 Å². The average molecular weight is 338 g/mol. The van der Waals surface area contributed by atoms with E-state index in [0.29, 0.717) is 51.4 Å². The molecule has 0 radical (unpaired) electrons. The number of fused-ring (bicyclic) bond motifs is 1. The van der Waals surface area contributed by atoms with Crippen LogP contribution in [0, 0.1) is 5.92 Å². The number of amides is 2. The van der Waals surface area contributed by atoms with Crippen LogP contribution >= 0.6 is 0 Å². The van der Waals surface area contributed by atoms with Crippen molar-refractivity contribution >= 4 is 11.8 Å². The van der Waals surface area contributed by atoms with Crippen molar-refractivity contribution < 1.29 is 19.1 Å². The first kappa shape index (κ1) is 18.4. The Hall–Kier alpha value is -1.93. The van der Waals surface area contributed by atoms with Gasteiger partial charge in [0.1, 0.15) is 5.69 Å². The van der Waals surface area contributed by atoms with E-state index in [1.807, 2.05) is 4.57 Å². The minimum Gasteiger partial charge on any atom is -0.385 e. The molecule has 1 aliphatic heterocycles. The molecule has 1 atom stereocenters. The molecule has 1 aromatic heterocycles. The quantitative estimate of drug-likeness (QED) is 0.617. The first-order valence-electron chi connectivity index (χ1n) is 8.25. The van der Waals surface area contributed by atoms with Crippen LogP contribution in [0.15, 0.2) is 6.33 Å². The van der Waals surface area contributed by atoms with Gasteiger partial charge in [0.15, 0.2) is 0 Å². The predicted octanol–water partition coefficient (Wildman–Crippen LogP) is -0.0256. The Labute approximate surface area is 141 Å². The van der Waals surface area contributed by atoms with Crippen LogP contribution in [0.1, 0.15) is 29.0 Å². The standard InChI is InChI=1S/C16H26N4O4/c1-23-8-3-6-17-16(22)14-13-5-4-12(10-20(13)11-19-14)15(21)18-7-9-24-2/h11-12H,3-10H2,1-2H3,(H,17,22)(H,18,21). The van der Waals surface area contributed by atoms with Crippen molar-refractivity contribution in [2.75, 3.05) is 40.5 Å². The first-order valence-corrected chi connectivity index (χ1v) is 8.25. The highest BCUT2D eigenvalue weighted by molar-refractivity contribution is 5.93. The minimum absolute atomic E-state index is 0.0250. The molecule has 0 saturated carbocycles. The van der Waals surface area contributed by atoms with Gasteiger partial charge in [-0.25, -0.2) is 4.98 Å². The van der Waals surface area contributed by atoms with Crippen LogP contribution in [0.5, 0.6) is 0 Å². The van der Waals surface area contributed by atoms with Gasteiger partial charge < -0.3 is 24.7 Å². The second kappa shape index (κ2) is 9.39. The molecule has 0 saturated heterocycles. The number of nitrogens with zero attached hydrogens (tertiary/aromatic N) is 2. The molecule has 24 heavy (non-hydrogen) atoms. The van der Waals surface area contributed by atoms with Crippen molar-refractivity contribution in [2.24, 2.45) is 5.92 Å². The predicted molar refractivity (Wildman–Crippen MR) is 87.7 cm³/mol. The summed E-state index contributed by atoms with van der Waals surface area (Å²) >= 11 is 0. The molecule has 2 heterocycles. The summed E-state index contributed by atoms with van der Waals surface area (Å²) in [4.78, 5) is 28.6. The van der Waals surface area contributed by atoms with E-state index in [-0.39, 0.29) is 17.7 Å². The number of hydrogen-bond donors (Lipinski definition) is 2. The van der Waals surface area contributed by atoms with Crippen molar-refractivity contribution in [3.63, 3.8) is 0 Å². The van der Waals surface area contributed by atoms with Gasteiger partial charge >= 0.3 is 0 Å². The highest BCUT2D eigenvalue weighted by Crippen LogP contribution is 2.22. The fraction of sp³-hybridized carbons (Fsp3) is 0.688. The molecule has 1 aromatic rings. The number of ether oxygens (including phenoxy) is 2. The Kier molecular flexibility index (Phi) is 7.20. The topological polar surface area (TPSA) is 94.5 Å². The zero-order chi connectivity index (χ0) is 17.4. The number of aromatic nitrogens is 2. The Morgan fingerprint density at radius 1 is 1.25 bits per heavy atom. The Morgan fingerprint density at radius 3 is 2.79 bits per heavy atom. The molecule has 0 aromatic carbocycles. The first-order chi connectivity index (χ1) is 11.7. The van der Waals surface area contributed by atoms with Gasteiger partial charge in [0.05, 0.1) is 24.5 Å². The monoisotopic (exact) mass is 338 g/mol. The van der Waals surface area contributed by atoms with Crippen LogP contribution in [0.25, 0.3) is 0 Å². The maximum atomic E-state index is 12.2. The van der Waals surface area contributed by atoms with Gasteiger partial charge in [0, 0.05) is 40.5 Å². The SMILES string of the molecule is COCCCNC(=O)c1ncn2c1CCC(C(=O)NCCOC)C2. The van der Waals surface area contributed by atoms with Crippen LogP contribution in [0.2, 0.25) is 0 Å². The molecule has 0 aliphatic carbocycles. The average Bonchev–Trinajstić information content (AvgIpc) is 3.02. The third-order valence-electron chi connectivity index (χ3n) is 4.10. The minimum atomic E-state index is -0.164. The Bertz CT molecular complexity index is 558. The summed E-state index contributed by atoms with van der Waals surface area (Å²) < 4.78 is 11.8. The molecule has 8 heteroatoms. The van der Waals surface area contributed by atoms with E-state index < -0.39 is 0 Å². The zero-order valence-corrected chi connectivity index (χ0v) is 14.3. The second-order valence-corrected chi connectivity index (χ2v) is 5.81. The fourth-order valence-electron chi connectivity index (χ4n) is 2.79. The molecule has 134 valence electrons. The van der Waals surface area contributed by atoms with Crippen LogP contribution in [-0.4, -0.2) is 61.9 Å². The number of nitrogens with one attached hydrogen (secondary N) is 2. The number of rotatable bonds is 9. The lowest BCUT2D eigenvalue weighted by atomic mass is 9.96. The molecule has 1 unspecified atom stereocenters. The largest absolute Gasteiger partial charge is 0.385 e. The summed E-state index contributed by atoms with van der Waals surface area (Å²) in [5.41, 5.74) is 1.37. The van der Waals surface area contributed by atoms with Gasteiger partial charge in [-0.15, -0.1) is 0 Å². The van der Waals surface area contributed by atoms with E-state index in [1.54, 1.807) is 20.5 Å². The van der Waals surface area contributed by atoms with Crippen LogP contribution < -0.4 is 10.6 Å². The lowest BCUT2D eigenvalue weighted by Crippen LogP contribution is -2.37. The fourth-order valence-corrected chi connectivity index (χ4v) is 2.79. The molecule has 0 bridgehead atoms. The van der Waals surface area contributed by atoms with E-state index in [4.69, 9.17) is 9.47 Å².